The molecule has 28 heavy (non-hydrogen) atoms. The van der Waals surface area contributed by atoms with Crippen molar-refractivity contribution in [2.24, 2.45) is 11.7 Å². The van der Waals surface area contributed by atoms with E-state index in [1.165, 1.54) is 0 Å². The highest BCUT2D eigenvalue weighted by Gasteiger charge is 2.26. The number of benzene rings is 2. The molecule has 144 valence electrons. The maximum atomic E-state index is 10.9. The van der Waals surface area contributed by atoms with Crippen molar-refractivity contribution < 1.29 is 14.6 Å². The molecule has 1 aliphatic rings. The van der Waals surface area contributed by atoms with Crippen molar-refractivity contribution in [3.8, 4) is 17.1 Å². The molecule has 1 aromatic heterocycles. The number of nitrogens with two attached hydrogens (primary N) is 1. The van der Waals surface area contributed by atoms with Crippen molar-refractivity contribution in [1.29, 1.82) is 0 Å². The third-order valence-electron chi connectivity index (χ3n) is 5.02. The molecule has 3 aromatic rings. The summed E-state index contributed by atoms with van der Waals surface area (Å²) in [7, 11) is 0. The van der Waals surface area contributed by atoms with Gasteiger partial charge in [0, 0.05) is 24.4 Å². The van der Waals surface area contributed by atoms with Crippen LogP contribution in [0.3, 0.4) is 0 Å². The number of fused-ring (bicyclic) bond motifs is 1. The van der Waals surface area contributed by atoms with Crippen LogP contribution in [0.1, 0.15) is 12.0 Å². The number of phenols is 1. The van der Waals surface area contributed by atoms with Crippen molar-refractivity contribution in [3.63, 3.8) is 0 Å². The number of carbonyl (C=O) groups excluding carboxylic acids is 1. The third kappa shape index (κ3) is 3.55. The molecule has 7 nitrogen and oxygen atoms in total. The molecule has 1 atom stereocenters. The molecule has 3 N–H and O–H groups in total. The lowest BCUT2D eigenvalue weighted by Gasteiger charge is -2.20. The van der Waals surface area contributed by atoms with E-state index in [0.717, 1.165) is 35.2 Å². The summed E-state index contributed by atoms with van der Waals surface area (Å²) in [6.45, 7) is 3.84. The van der Waals surface area contributed by atoms with Gasteiger partial charge in [-0.3, -0.25) is 0 Å². The Morgan fingerprint density at radius 1 is 1.29 bits per heavy atom. The molecule has 4 rings (SSSR count). The third-order valence-corrected chi connectivity index (χ3v) is 5.02. The molecule has 1 aliphatic heterocycles. The van der Waals surface area contributed by atoms with Gasteiger partial charge in [-0.05, 0) is 43.2 Å². The Morgan fingerprint density at radius 2 is 2.11 bits per heavy atom. The second-order valence-corrected chi connectivity index (χ2v) is 7.14. The van der Waals surface area contributed by atoms with E-state index in [0.29, 0.717) is 24.5 Å². The molecule has 1 saturated heterocycles. The van der Waals surface area contributed by atoms with E-state index in [1.54, 1.807) is 12.1 Å². The van der Waals surface area contributed by atoms with Gasteiger partial charge in [-0.25, -0.2) is 14.8 Å². The number of para-hydroxylation sites is 1. The van der Waals surface area contributed by atoms with Crippen molar-refractivity contribution in [2.45, 2.75) is 13.3 Å². The minimum Gasteiger partial charge on any atom is -0.507 e. The van der Waals surface area contributed by atoms with Gasteiger partial charge in [0.05, 0.1) is 17.7 Å². The van der Waals surface area contributed by atoms with Gasteiger partial charge in [0.2, 0.25) is 0 Å². The fourth-order valence-electron chi connectivity index (χ4n) is 3.61. The second kappa shape index (κ2) is 7.34. The molecule has 2 aromatic carbocycles. The minimum atomic E-state index is -0.747. The predicted molar refractivity (Wildman–Crippen MR) is 107 cm³/mol. The van der Waals surface area contributed by atoms with Crippen LogP contribution in [0.15, 0.2) is 42.5 Å². The molecule has 0 bridgehead atoms. The molecule has 0 spiro atoms. The zero-order valence-corrected chi connectivity index (χ0v) is 15.6. The average Bonchev–Trinajstić information content (AvgIpc) is 3.14. The summed E-state index contributed by atoms with van der Waals surface area (Å²) in [6.07, 6.45) is 0.138. The smallest absolute Gasteiger partial charge is 0.404 e. The molecule has 0 unspecified atom stereocenters. The highest BCUT2D eigenvalue weighted by molar-refractivity contribution is 5.92. The Balaban J connectivity index is 1.75. The zero-order chi connectivity index (χ0) is 19.7. The largest absolute Gasteiger partial charge is 0.507 e. The van der Waals surface area contributed by atoms with Crippen molar-refractivity contribution >= 4 is 22.8 Å². The fourth-order valence-corrected chi connectivity index (χ4v) is 3.61. The summed E-state index contributed by atoms with van der Waals surface area (Å²) < 4.78 is 4.97. The Bertz CT molecular complexity index is 1040. The van der Waals surface area contributed by atoms with Crippen molar-refractivity contribution in [3.05, 3.63) is 48.0 Å². The zero-order valence-electron chi connectivity index (χ0n) is 15.6. The van der Waals surface area contributed by atoms with Gasteiger partial charge in [0.15, 0.2) is 5.82 Å². The summed E-state index contributed by atoms with van der Waals surface area (Å²) in [5, 5.41) is 11.2. The standard InChI is InChI=1S/C21H22N4O3/c1-13-6-7-15-17(10-13)23-19(16-4-2-3-5-18(16)26)24-20(15)25-9-8-14(11-25)12-28-21(22)27/h2-7,10,14,26H,8-9,11-12H2,1H3,(H2,22,27)/t14-/m0/s1. The van der Waals surface area contributed by atoms with Crippen LogP contribution >= 0.6 is 0 Å². The topological polar surface area (TPSA) is 102 Å². The van der Waals surface area contributed by atoms with Crippen LogP contribution in [0, 0.1) is 12.8 Å². The summed E-state index contributed by atoms with van der Waals surface area (Å²) in [6, 6.07) is 13.2. The summed E-state index contributed by atoms with van der Waals surface area (Å²) in [5.41, 5.74) is 7.62. The van der Waals surface area contributed by atoms with Gasteiger partial charge in [0.1, 0.15) is 11.6 Å². The van der Waals surface area contributed by atoms with Gasteiger partial charge in [-0.15, -0.1) is 0 Å². The summed E-state index contributed by atoms with van der Waals surface area (Å²) in [4.78, 5) is 22.6. The number of nitrogens with zero attached hydrogens (tertiary/aromatic N) is 3. The molecule has 2 heterocycles. The number of aromatic nitrogens is 2. The van der Waals surface area contributed by atoms with Crippen LogP contribution in [0.4, 0.5) is 10.6 Å². The fraction of sp³-hybridized carbons (Fsp3) is 0.286. The first-order valence-electron chi connectivity index (χ1n) is 9.25. The number of aryl methyl sites for hydroxylation is 1. The number of hydrogen-bond donors (Lipinski definition) is 2. The van der Waals surface area contributed by atoms with Crippen molar-refractivity contribution in [1.82, 2.24) is 9.97 Å². The number of ether oxygens (including phenoxy) is 1. The van der Waals surface area contributed by atoms with Crippen LogP contribution in [-0.2, 0) is 4.74 Å². The van der Waals surface area contributed by atoms with E-state index in [-0.39, 0.29) is 11.7 Å². The number of aromatic hydroxyl groups is 1. The van der Waals surface area contributed by atoms with Crippen LogP contribution in [-0.4, -0.2) is 40.9 Å². The number of primary amides is 1. The van der Waals surface area contributed by atoms with Crippen LogP contribution in [0.2, 0.25) is 0 Å². The van der Waals surface area contributed by atoms with Crippen LogP contribution < -0.4 is 10.6 Å². The van der Waals surface area contributed by atoms with Crippen LogP contribution in [0.5, 0.6) is 5.75 Å². The lowest BCUT2D eigenvalue weighted by molar-refractivity contribution is 0.140. The molecule has 1 amide bonds. The monoisotopic (exact) mass is 378 g/mol. The number of anilines is 1. The van der Waals surface area contributed by atoms with Gasteiger partial charge in [-0.2, -0.15) is 0 Å². The quantitative estimate of drug-likeness (QED) is 0.723. The number of amides is 1. The summed E-state index contributed by atoms with van der Waals surface area (Å²) in [5.74, 6) is 1.67. The van der Waals surface area contributed by atoms with Gasteiger partial charge < -0.3 is 20.5 Å². The van der Waals surface area contributed by atoms with Gasteiger partial charge in [-0.1, -0.05) is 18.2 Å². The molecule has 7 heteroatoms. The van der Waals surface area contributed by atoms with E-state index in [4.69, 9.17) is 20.4 Å². The van der Waals surface area contributed by atoms with E-state index < -0.39 is 6.09 Å². The molecule has 0 saturated carbocycles. The van der Waals surface area contributed by atoms with Gasteiger partial charge >= 0.3 is 6.09 Å². The molecule has 0 aliphatic carbocycles. The Morgan fingerprint density at radius 3 is 2.89 bits per heavy atom. The molecular formula is C21H22N4O3. The van der Waals surface area contributed by atoms with E-state index in [1.807, 2.05) is 37.3 Å². The maximum Gasteiger partial charge on any atom is 0.404 e. The molecule has 0 radical (unpaired) electrons. The maximum absolute atomic E-state index is 10.9. The SMILES string of the molecule is Cc1ccc2c(N3CC[C@H](COC(N)=O)C3)nc(-c3ccccc3O)nc2c1. The van der Waals surface area contributed by atoms with Gasteiger partial charge in [0.25, 0.3) is 0 Å². The molecule has 1 fully saturated rings. The first kappa shape index (κ1) is 18.0. The van der Waals surface area contributed by atoms with E-state index >= 15 is 0 Å². The predicted octanol–water partition coefficient (Wildman–Crippen LogP) is 3.23. The first-order valence-corrected chi connectivity index (χ1v) is 9.25. The highest BCUT2D eigenvalue weighted by atomic mass is 16.5. The average molecular weight is 378 g/mol. The van der Waals surface area contributed by atoms with E-state index in [9.17, 15) is 9.90 Å². The normalized spacial score (nSPS) is 16.5. The lowest BCUT2D eigenvalue weighted by atomic mass is 10.1. The Kier molecular flexibility index (Phi) is 4.73. The summed E-state index contributed by atoms with van der Waals surface area (Å²) >= 11 is 0. The second-order valence-electron chi connectivity index (χ2n) is 7.14. The number of phenolic OH excluding ortho intramolecular Hbond substituents is 1. The van der Waals surface area contributed by atoms with Crippen molar-refractivity contribution in [2.75, 3.05) is 24.6 Å². The molecular weight excluding hydrogens is 356 g/mol. The number of hydrogen-bond acceptors (Lipinski definition) is 6. The first-order chi connectivity index (χ1) is 13.5. The Labute approximate surface area is 162 Å². The van der Waals surface area contributed by atoms with E-state index in [2.05, 4.69) is 4.90 Å². The number of carbonyl (C=O) groups is 1. The van der Waals surface area contributed by atoms with Crippen LogP contribution in [0.25, 0.3) is 22.3 Å². The minimum absolute atomic E-state index is 0.148. The highest BCUT2D eigenvalue weighted by Crippen LogP contribution is 2.33. The Hall–Kier alpha value is -3.35. The number of rotatable bonds is 4. The lowest BCUT2D eigenvalue weighted by Crippen LogP contribution is -2.24.